The molecule has 108 valence electrons. The molecule has 4 heteroatoms. The Morgan fingerprint density at radius 2 is 2.26 bits per heavy atom. The van der Waals surface area contributed by atoms with Crippen LogP contribution in [0.1, 0.15) is 62.7 Å². The van der Waals surface area contributed by atoms with Crippen LogP contribution >= 0.6 is 0 Å². The largest absolute Gasteiger partial charge is 0.393 e. The molecule has 0 bridgehead atoms. The number of aliphatic hydroxyl groups is 1. The van der Waals surface area contributed by atoms with Gasteiger partial charge in [-0.2, -0.15) is 5.10 Å². The molecule has 1 aromatic heterocycles. The van der Waals surface area contributed by atoms with Crippen LogP contribution < -0.4 is 5.32 Å². The number of aromatic amines is 1. The number of aliphatic hydroxyl groups excluding tert-OH is 1. The number of aromatic nitrogens is 2. The van der Waals surface area contributed by atoms with Gasteiger partial charge >= 0.3 is 0 Å². The van der Waals surface area contributed by atoms with E-state index in [1.165, 1.54) is 24.8 Å². The van der Waals surface area contributed by atoms with Crippen molar-refractivity contribution >= 4 is 0 Å². The molecule has 1 heterocycles. The van der Waals surface area contributed by atoms with Gasteiger partial charge in [-0.15, -0.1) is 0 Å². The van der Waals surface area contributed by atoms with Crippen molar-refractivity contribution in [2.24, 2.45) is 5.92 Å². The van der Waals surface area contributed by atoms with E-state index < -0.39 is 0 Å². The summed E-state index contributed by atoms with van der Waals surface area (Å²) >= 11 is 0. The summed E-state index contributed by atoms with van der Waals surface area (Å²) in [5, 5.41) is 20.5. The molecule has 0 spiro atoms. The van der Waals surface area contributed by atoms with Crippen molar-refractivity contribution in [1.29, 1.82) is 0 Å². The SMILES string of the molecule is Cc1[nH]ncc1C(C)NCCCC1CCCCC1O. The Balaban J connectivity index is 1.65. The summed E-state index contributed by atoms with van der Waals surface area (Å²) in [6.45, 7) is 5.24. The van der Waals surface area contributed by atoms with Gasteiger partial charge in [0, 0.05) is 17.3 Å². The molecule has 0 saturated heterocycles. The molecule has 1 aliphatic rings. The fraction of sp³-hybridized carbons (Fsp3) is 0.800. The van der Waals surface area contributed by atoms with Crippen molar-refractivity contribution in [2.75, 3.05) is 6.54 Å². The summed E-state index contributed by atoms with van der Waals surface area (Å²) in [6, 6.07) is 0.343. The second-order valence-corrected chi connectivity index (χ2v) is 5.88. The molecule has 0 amide bonds. The van der Waals surface area contributed by atoms with E-state index in [4.69, 9.17) is 0 Å². The van der Waals surface area contributed by atoms with Crippen molar-refractivity contribution in [3.8, 4) is 0 Å². The average Bonchev–Trinajstić information content (AvgIpc) is 2.82. The van der Waals surface area contributed by atoms with E-state index in [-0.39, 0.29) is 6.10 Å². The monoisotopic (exact) mass is 265 g/mol. The summed E-state index contributed by atoms with van der Waals surface area (Å²) < 4.78 is 0. The molecule has 19 heavy (non-hydrogen) atoms. The molecular weight excluding hydrogens is 238 g/mol. The highest BCUT2D eigenvalue weighted by Crippen LogP contribution is 2.27. The van der Waals surface area contributed by atoms with Crippen LogP contribution in [0.4, 0.5) is 0 Å². The third-order valence-corrected chi connectivity index (χ3v) is 4.41. The molecule has 1 aliphatic carbocycles. The zero-order chi connectivity index (χ0) is 13.7. The zero-order valence-electron chi connectivity index (χ0n) is 12.2. The summed E-state index contributed by atoms with van der Waals surface area (Å²) in [7, 11) is 0. The van der Waals surface area contributed by atoms with Crippen molar-refractivity contribution in [1.82, 2.24) is 15.5 Å². The molecule has 1 fully saturated rings. The normalized spacial score (nSPS) is 25.4. The molecule has 1 aromatic rings. The second kappa shape index (κ2) is 7.06. The first-order chi connectivity index (χ1) is 9.18. The van der Waals surface area contributed by atoms with E-state index in [0.29, 0.717) is 12.0 Å². The first-order valence-electron chi connectivity index (χ1n) is 7.60. The molecule has 4 nitrogen and oxygen atoms in total. The van der Waals surface area contributed by atoms with Crippen LogP contribution in [-0.4, -0.2) is 28.0 Å². The lowest BCUT2D eigenvalue weighted by Gasteiger charge is -2.27. The Bertz CT molecular complexity index is 377. The fourth-order valence-corrected chi connectivity index (χ4v) is 3.11. The minimum absolute atomic E-state index is 0.0534. The minimum atomic E-state index is -0.0534. The number of aryl methyl sites for hydroxylation is 1. The summed E-state index contributed by atoms with van der Waals surface area (Å²) in [5.41, 5.74) is 2.39. The lowest BCUT2D eigenvalue weighted by atomic mass is 9.83. The minimum Gasteiger partial charge on any atom is -0.393 e. The van der Waals surface area contributed by atoms with Crippen LogP contribution in [-0.2, 0) is 0 Å². The van der Waals surface area contributed by atoms with Crippen LogP contribution in [0.2, 0.25) is 0 Å². The quantitative estimate of drug-likeness (QED) is 0.693. The van der Waals surface area contributed by atoms with Crippen molar-refractivity contribution in [3.05, 3.63) is 17.5 Å². The number of hydrogen-bond donors (Lipinski definition) is 3. The number of H-pyrrole nitrogens is 1. The van der Waals surface area contributed by atoms with Crippen molar-refractivity contribution in [2.45, 2.75) is 64.5 Å². The second-order valence-electron chi connectivity index (χ2n) is 5.88. The van der Waals surface area contributed by atoms with E-state index in [2.05, 4.69) is 29.4 Å². The molecule has 0 aromatic carbocycles. The third-order valence-electron chi connectivity index (χ3n) is 4.41. The number of nitrogens with one attached hydrogen (secondary N) is 2. The Hall–Kier alpha value is -0.870. The third kappa shape index (κ3) is 4.05. The predicted octanol–water partition coefficient (Wildman–Crippen LogP) is 2.70. The number of rotatable bonds is 6. The molecule has 3 atom stereocenters. The Kier molecular flexibility index (Phi) is 5.40. The lowest BCUT2D eigenvalue weighted by molar-refractivity contribution is 0.0642. The summed E-state index contributed by atoms with van der Waals surface area (Å²) in [4.78, 5) is 0. The molecule has 2 rings (SSSR count). The van der Waals surface area contributed by atoms with Gasteiger partial charge < -0.3 is 10.4 Å². The highest BCUT2D eigenvalue weighted by Gasteiger charge is 2.22. The van der Waals surface area contributed by atoms with Gasteiger partial charge in [0.05, 0.1) is 12.3 Å². The van der Waals surface area contributed by atoms with Gasteiger partial charge in [0.15, 0.2) is 0 Å². The molecule has 0 aliphatic heterocycles. The number of hydrogen-bond acceptors (Lipinski definition) is 3. The molecule has 3 N–H and O–H groups in total. The van der Waals surface area contributed by atoms with Crippen LogP contribution in [0.3, 0.4) is 0 Å². The maximum absolute atomic E-state index is 9.93. The van der Waals surface area contributed by atoms with Crippen molar-refractivity contribution < 1.29 is 5.11 Å². The summed E-state index contributed by atoms with van der Waals surface area (Å²) in [6.07, 6.45) is 8.83. The van der Waals surface area contributed by atoms with Gasteiger partial charge in [0.2, 0.25) is 0 Å². The maximum Gasteiger partial charge on any atom is 0.0568 e. The van der Waals surface area contributed by atoms with E-state index in [1.807, 2.05) is 6.20 Å². The van der Waals surface area contributed by atoms with Gasteiger partial charge in [-0.25, -0.2) is 0 Å². The average molecular weight is 265 g/mol. The van der Waals surface area contributed by atoms with Gasteiger partial charge in [-0.1, -0.05) is 12.8 Å². The van der Waals surface area contributed by atoms with E-state index in [0.717, 1.165) is 31.5 Å². The van der Waals surface area contributed by atoms with E-state index in [1.54, 1.807) is 0 Å². The Morgan fingerprint density at radius 1 is 1.47 bits per heavy atom. The van der Waals surface area contributed by atoms with Crippen LogP contribution in [0, 0.1) is 12.8 Å². The van der Waals surface area contributed by atoms with Gasteiger partial charge in [0.25, 0.3) is 0 Å². The van der Waals surface area contributed by atoms with Crippen LogP contribution in [0.25, 0.3) is 0 Å². The molecule has 1 saturated carbocycles. The Morgan fingerprint density at radius 3 is 2.95 bits per heavy atom. The van der Waals surface area contributed by atoms with Crippen LogP contribution in [0.5, 0.6) is 0 Å². The highest BCUT2D eigenvalue weighted by molar-refractivity contribution is 5.18. The zero-order valence-corrected chi connectivity index (χ0v) is 12.2. The smallest absolute Gasteiger partial charge is 0.0568 e. The van der Waals surface area contributed by atoms with E-state index in [9.17, 15) is 5.11 Å². The standard InChI is InChI=1S/C15H27N3O/c1-11(14-10-17-18-12(14)2)16-9-5-7-13-6-3-4-8-15(13)19/h10-11,13,15-16,19H,3-9H2,1-2H3,(H,17,18). The van der Waals surface area contributed by atoms with Gasteiger partial charge in [-0.3, -0.25) is 5.10 Å². The first-order valence-corrected chi connectivity index (χ1v) is 7.60. The first kappa shape index (κ1) is 14.5. The van der Waals surface area contributed by atoms with Crippen LogP contribution in [0.15, 0.2) is 6.20 Å². The van der Waals surface area contributed by atoms with Gasteiger partial charge in [0.1, 0.15) is 0 Å². The summed E-state index contributed by atoms with van der Waals surface area (Å²) in [5.74, 6) is 0.529. The van der Waals surface area contributed by atoms with E-state index >= 15 is 0 Å². The fourth-order valence-electron chi connectivity index (χ4n) is 3.11. The molecular formula is C15H27N3O. The number of nitrogens with zero attached hydrogens (tertiary/aromatic N) is 1. The predicted molar refractivity (Wildman–Crippen MR) is 76.9 cm³/mol. The van der Waals surface area contributed by atoms with Crippen molar-refractivity contribution in [3.63, 3.8) is 0 Å². The Labute approximate surface area is 116 Å². The topological polar surface area (TPSA) is 60.9 Å². The maximum atomic E-state index is 9.93. The lowest BCUT2D eigenvalue weighted by Crippen LogP contribution is -2.26. The molecule has 3 unspecified atom stereocenters. The van der Waals surface area contributed by atoms with Gasteiger partial charge in [-0.05, 0) is 52.0 Å². The molecule has 0 radical (unpaired) electrons. The highest BCUT2D eigenvalue weighted by atomic mass is 16.3.